The fourth-order valence-corrected chi connectivity index (χ4v) is 4.64. The average Bonchev–Trinajstić information content (AvgIpc) is 2.78. The van der Waals surface area contributed by atoms with Crippen molar-refractivity contribution >= 4 is 27.5 Å². The predicted molar refractivity (Wildman–Crippen MR) is 137 cm³/mol. The highest BCUT2D eigenvalue weighted by molar-refractivity contribution is 7.92. The SMILES string of the molecule is CC(C(=O)NC(C)(C)C)N(Cc1ccccc1)C(=O)CCCN(c1cccc(C(F)(F)F)c1)S(C)(=O)=O. The summed E-state index contributed by atoms with van der Waals surface area (Å²) in [7, 11) is -3.92. The molecule has 2 aromatic rings. The molecule has 7 nitrogen and oxygen atoms in total. The molecule has 0 aliphatic rings. The molecule has 1 atom stereocenters. The molecule has 0 radical (unpaired) electrons. The molecule has 2 rings (SSSR count). The second kappa shape index (κ2) is 12.0. The van der Waals surface area contributed by atoms with Gasteiger partial charge in [-0.1, -0.05) is 36.4 Å². The van der Waals surface area contributed by atoms with Gasteiger partial charge >= 0.3 is 6.18 Å². The van der Waals surface area contributed by atoms with Gasteiger partial charge in [0, 0.05) is 25.0 Å². The van der Waals surface area contributed by atoms with Crippen LogP contribution in [0.2, 0.25) is 0 Å². The number of rotatable bonds is 10. The van der Waals surface area contributed by atoms with Crippen molar-refractivity contribution in [1.29, 1.82) is 0 Å². The molecule has 0 aromatic heterocycles. The number of hydrogen-bond donors (Lipinski definition) is 1. The molecule has 204 valence electrons. The van der Waals surface area contributed by atoms with E-state index in [-0.39, 0.29) is 43.4 Å². The van der Waals surface area contributed by atoms with Gasteiger partial charge in [-0.15, -0.1) is 0 Å². The highest BCUT2D eigenvalue weighted by Crippen LogP contribution is 2.32. The minimum Gasteiger partial charge on any atom is -0.350 e. The van der Waals surface area contributed by atoms with Crippen molar-refractivity contribution < 1.29 is 31.2 Å². The quantitative estimate of drug-likeness (QED) is 0.477. The van der Waals surface area contributed by atoms with Gasteiger partial charge in [0.25, 0.3) is 0 Å². The number of halogens is 3. The standard InChI is InChI=1S/C26H34F3N3O4S/c1-19(24(34)30-25(2,3)4)31(18-20-11-7-6-8-12-20)23(33)15-10-16-32(37(5,35)36)22-14-9-13-21(17-22)26(27,28)29/h6-9,11-14,17,19H,10,15-16,18H2,1-5H3,(H,30,34). The van der Waals surface area contributed by atoms with Crippen molar-refractivity contribution in [2.75, 3.05) is 17.1 Å². The zero-order valence-electron chi connectivity index (χ0n) is 21.7. The summed E-state index contributed by atoms with van der Waals surface area (Å²) < 4.78 is 65.0. The minimum absolute atomic E-state index is 0.0427. The van der Waals surface area contributed by atoms with Crippen LogP contribution in [0.3, 0.4) is 0 Å². The van der Waals surface area contributed by atoms with Gasteiger partial charge in [-0.2, -0.15) is 13.2 Å². The smallest absolute Gasteiger partial charge is 0.350 e. The molecule has 0 aliphatic carbocycles. The van der Waals surface area contributed by atoms with E-state index in [2.05, 4.69) is 5.32 Å². The zero-order chi connectivity index (χ0) is 28.0. The zero-order valence-corrected chi connectivity index (χ0v) is 22.5. The summed E-state index contributed by atoms with van der Waals surface area (Å²) in [5, 5.41) is 2.86. The summed E-state index contributed by atoms with van der Waals surface area (Å²) in [5.74, 6) is -0.712. The van der Waals surface area contributed by atoms with E-state index < -0.39 is 33.3 Å². The van der Waals surface area contributed by atoms with E-state index in [4.69, 9.17) is 0 Å². The summed E-state index contributed by atoms with van der Waals surface area (Å²) in [6.45, 7) is 7.07. The molecule has 1 N–H and O–H groups in total. The lowest BCUT2D eigenvalue weighted by molar-refractivity contribution is -0.141. The first-order chi connectivity index (χ1) is 17.0. The predicted octanol–water partition coefficient (Wildman–Crippen LogP) is 4.58. The van der Waals surface area contributed by atoms with Crippen molar-refractivity contribution in [1.82, 2.24) is 10.2 Å². The van der Waals surface area contributed by atoms with Crippen LogP contribution in [0.25, 0.3) is 0 Å². The van der Waals surface area contributed by atoms with E-state index in [0.717, 1.165) is 34.3 Å². The maximum atomic E-state index is 13.2. The number of carbonyl (C=O) groups is 2. The number of sulfonamides is 1. The first kappa shape index (κ1) is 30.1. The van der Waals surface area contributed by atoms with Crippen LogP contribution in [0.4, 0.5) is 18.9 Å². The fourth-order valence-electron chi connectivity index (χ4n) is 3.68. The third-order valence-electron chi connectivity index (χ3n) is 5.47. The van der Waals surface area contributed by atoms with E-state index in [1.807, 2.05) is 51.1 Å². The highest BCUT2D eigenvalue weighted by Gasteiger charge is 2.32. The van der Waals surface area contributed by atoms with E-state index in [9.17, 15) is 31.2 Å². The van der Waals surface area contributed by atoms with Gasteiger partial charge in [-0.25, -0.2) is 8.42 Å². The Morgan fingerprint density at radius 1 is 1.00 bits per heavy atom. The lowest BCUT2D eigenvalue weighted by Crippen LogP contribution is -2.52. The largest absolute Gasteiger partial charge is 0.416 e. The van der Waals surface area contributed by atoms with Crippen LogP contribution in [-0.2, 0) is 32.3 Å². The Morgan fingerprint density at radius 2 is 1.62 bits per heavy atom. The van der Waals surface area contributed by atoms with Gasteiger partial charge in [0.1, 0.15) is 6.04 Å². The Kier molecular flexibility index (Phi) is 9.76. The van der Waals surface area contributed by atoms with E-state index in [1.54, 1.807) is 6.92 Å². The van der Waals surface area contributed by atoms with Gasteiger partial charge < -0.3 is 10.2 Å². The highest BCUT2D eigenvalue weighted by atomic mass is 32.2. The summed E-state index contributed by atoms with van der Waals surface area (Å²) in [6, 6.07) is 12.4. The Hall–Kier alpha value is -3.08. The molecule has 11 heteroatoms. The average molecular weight is 542 g/mol. The first-order valence-electron chi connectivity index (χ1n) is 11.8. The number of nitrogens with zero attached hydrogens (tertiary/aromatic N) is 2. The van der Waals surface area contributed by atoms with Gasteiger partial charge in [-0.3, -0.25) is 13.9 Å². The second-order valence-corrected chi connectivity index (χ2v) is 11.8. The molecule has 2 aromatic carbocycles. The molecule has 0 fully saturated rings. The molecular weight excluding hydrogens is 507 g/mol. The lowest BCUT2D eigenvalue weighted by Gasteiger charge is -2.32. The monoisotopic (exact) mass is 541 g/mol. The summed E-state index contributed by atoms with van der Waals surface area (Å²) in [4.78, 5) is 27.5. The topological polar surface area (TPSA) is 86.8 Å². The van der Waals surface area contributed by atoms with Crippen molar-refractivity contribution in [3.05, 3.63) is 65.7 Å². The third-order valence-corrected chi connectivity index (χ3v) is 6.67. The van der Waals surface area contributed by atoms with Crippen LogP contribution < -0.4 is 9.62 Å². The van der Waals surface area contributed by atoms with Crippen LogP contribution in [0, 0.1) is 0 Å². The van der Waals surface area contributed by atoms with Crippen LogP contribution in [-0.4, -0.2) is 49.5 Å². The maximum Gasteiger partial charge on any atom is 0.416 e. The van der Waals surface area contributed by atoms with Crippen molar-refractivity contribution in [3.8, 4) is 0 Å². The molecular formula is C26H34F3N3O4S. The third kappa shape index (κ3) is 9.38. The van der Waals surface area contributed by atoms with Crippen molar-refractivity contribution in [3.63, 3.8) is 0 Å². The molecule has 2 amide bonds. The van der Waals surface area contributed by atoms with Crippen LogP contribution in [0.5, 0.6) is 0 Å². The van der Waals surface area contributed by atoms with E-state index >= 15 is 0 Å². The molecule has 0 heterocycles. The Bertz CT molecular complexity index is 1180. The number of alkyl halides is 3. The molecule has 0 saturated carbocycles. The number of carbonyl (C=O) groups excluding carboxylic acids is 2. The Labute approximate surface area is 216 Å². The van der Waals surface area contributed by atoms with Crippen LogP contribution in [0.15, 0.2) is 54.6 Å². The molecule has 0 aliphatic heterocycles. The van der Waals surface area contributed by atoms with Gasteiger partial charge in [0.15, 0.2) is 0 Å². The minimum atomic E-state index is -4.63. The Morgan fingerprint density at radius 3 is 2.16 bits per heavy atom. The number of hydrogen-bond acceptors (Lipinski definition) is 4. The summed E-state index contributed by atoms with van der Waals surface area (Å²) in [6.07, 6.45) is -3.79. The summed E-state index contributed by atoms with van der Waals surface area (Å²) in [5.41, 5.74) is -0.799. The molecule has 1 unspecified atom stereocenters. The number of amides is 2. The van der Waals surface area contributed by atoms with Crippen molar-refractivity contribution in [2.24, 2.45) is 0 Å². The second-order valence-electron chi connectivity index (χ2n) is 9.91. The van der Waals surface area contributed by atoms with Crippen LogP contribution >= 0.6 is 0 Å². The maximum absolute atomic E-state index is 13.2. The summed E-state index contributed by atoms with van der Waals surface area (Å²) >= 11 is 0. The van der Waals surface area contributed by atoms with E-state index in [1.165, 1.54) is 11.0 Å². The van der Waals surface area contributed by atoms with Crippen LogP contribution in [0.1, 0.15) is 51.7 Å². The van der Waals surface area contributed by atoms with Gasteiger partial charge in [-0.05, 0) is 57.9 Å². The molecule has 0 bridgehead atoms. The fraction of sp³-hybridized carbons (Fsp3) is 0.462. The number of benzene rings is 2. The first-order valence-corrected chi connectivity index (χ1v) is 13.6. The lowest BCUT2D eigenvalue weighted by atomic mass is 10.1. The molecule has 0 spiro atoms. The normalized spacial score (nSPS) is 13.1. The van der Waals surface area contributed by atoms with Crippen molar-refractivity contribution in [2.45, 2.75) is 64.8 Å². The number of nitrogens with one attached hydrogen (secondary N) is 1. The van der Waals surface area contributed by atoms with Gasteiger partial charge in [0.05, 0.1) is 17.5 Å². The van der Waals surface area contributed by atoms with E-state index in [0.29, 0.717) is 0 Å². The number of anilines is 1. The molecule has 37 heavy (non-hydrogen) atoms. The van der Waals surface area contributed by atoms with Gasteiger partial charge in [0.2, 0.25) is 21.8 Å². The Balaban J connectivity index is 2.21. The molecule has 0 saturated heterocycles.